The van der Waals surface area contributed by atoms with Crippen LogP contribution in [0.4, 0.5) is 15.8 Å². The minimum absolute atomic E-state index is 0.129. The zero-order valence-electron chi connectivity index (χ0n) is 16.3. The lowest BCUT2D eigenvalue weighted by Crippen LogP contribution is -2.54. The second-order valence-electron chi connectivity index (χ2n) is 7.71. The zero-order valence-corrected chi connectivity index (χ0v) is 16.3. The van der Waals surface area contributed by atoms with Crippen molar-refractivity contribution in [3.8, 4) is 5.75 Å². The molecule has 2 aliphatic rings. The molecule has 1 fully saturated rings. The Bertz CT molecular complexity index is 901. The van der Waals surface area contributed by atoms with Crippen molar-refractivity contribution in [3.05, 3.63) is 66.5 Å². The number of amides is 1. The van der Waals surface area contributed by atoms with Crippen LogP contribution < -0.4 is 14.5 Å². The van der Waals surface area contributed by atoms with Gasteiger partial charge in [-0.3, -0.25) is 9.69 Å². The highest BCUT2D eigenvalue weighted by atomic mass is 19.1. The smallest absolute Gasteiger partial charge is 0.251 e. The second kappa shape index (κ2) is 7.30. The Morgan fingerprint density at radius 3 is 2.54 bits per heavy atom. The Labute approximate surface area is 165 Å². The number of hydrogen-bond donors (Lipinski definition) is 0. The summed E-state index contributed by atoms with van der Waals surface area (Å²) in [5.41, 5.74) is 1.01. The van der Waals surface area contributed by atoms with E-state index in [1.54, 1.807) is 29.2 Å². The third kappa shape index (κ3) is 3.37. The van der Waals surface area contributed by atoms with E-state index >= 15 is 0 Å². The molecule has 2 aromatic rings. The molecule has 0 N–H and O–H groups in total. The Hall–Kier alpha value is -2.82. The van der Waals surface area contributed by atoms with Gasteiger partial charge in [0.1, 0.15) is 11.6 Å². The highest BCUT2D eigenvalue weighted by molar-refractivity contribution is 6.06. The number of benzene rings is 2. The molecule has 2 aromatic carbocycles. The summed E-state index contributed by atoms with van der Waals surface area (Å²) in [5, 5.41) is 0. The Kier molecular flexibility index (Phi) is 4.84. The molecule has 5 heteroatoms. The van der Waals surface area contributed by atoms with Crippen LogP contribution in [0.15, 0.2) is 60.7 Å². The molecule has 1 saturated heterocycles. The van der Waals surface area contributed by atoms with Gasteiger partial charge < -0.3 is 9.64 Å². The monoisotopic (exact) mass is 380 g/mol. The highest BCUT2D eigenvalue weighted by Crippen LogP contribution is 2.40. The minimum Gasteiger partial charge on any atom is -0.491 e. The average Bonchev–Trinajstić information content (AvgIpc) is 2.98. The quantitative estimate of drug-likeness (QED) is 0.780. The van der Waals surface area contributed by atoms with Crippen molar-refractivity contribution >= 4 is 17.3 Å². The van der Waals surface area contributed by atoms with Crippen LogP contribution in [0, 0.1) is 5.82 Å². The van der Waals surface area contributed by atoms with Crippen molar-refractivity contribution in [1.29, 1.82) is 0 Å². The van der Waals surface area contributed by atoms with E-state index in [0.717, 1.165) is 37.4 Å². The van der Waals surface area contributed by atoms with Crippen molar-refractivity contribution in [2.75, 3.05) is 22.9 Å². The number of carbonyl (C=O) groups excluding carboxylic acids is 1. The summed E-state index contributed by atoms with van der Waals surface area (Å²) >= 11 is 0. The molecule has 146 valence electrons. The van der Waals surface area contributed by atoms with Gasteiger partial charge in [0.2, 0.25) is 0 Å². The van der Waals surface area contributed by atoms with Crippen LogP contribution in [0.25, 0.3) is 0 Å². The first-order valence-corrected chi connectivity index (χ1v) is 9.78. The van der Waals surface area contributed by atoms with Gasteiger partial charge in [-0.15, -0.1) is 0 Å². The van der Waals surface area contributed by atoms with Crippen molar-refractivity contribution in [2.24, 2.45) is 0 Å². The first-order chi connectivity index (χ1) is 13.5. The molecular weight excluding hydrogens is 355 g/mol. The molecule has 2 heterocycles. The normalized spacial score (nSPS) is 18.4. The minimum atomic E-state index is -0.457. The Morgan fingerprint density at radius 2 is 1.82 bits per heavy atom. The standard InChI is InChI=1S/C23H25FN2O2/c1-17(2)28-19-7-5-6-18(16-19)25-14-12-23(13-15-25)11-10-22(27)26(23)21-9-4-3-8-20(21)24/h3-11,16-17H,12-15H2,1-2H3. The fourth-order valence-electron chi connectivity index (χ4n) is 4.15. The van der Waals surface area contributed by atoms with Crippen molar-refractivity contribution in [3.63, 3.8) is 0 Å². The van der Waals surface area contributed by atoms with Gasteiger partial charge in [-0.1, -0.05) is 24.3 Å². The first-order valence-electron chi connectivity index (χ1n) is 9.78. The molecule has 1 amide bonds. The van der Waals surface area contributed by atoms with Gasteiger partial charge in [0.25, 0.3) is 5.91 Å². The van der Waals surface area contributed by atoms with Crippen LogP contribution in [0.2, 0.25) is 0 Å². The van der Waals surface area contributed by atoms with Crippen LogP contribution in [-0.4, -0.2) is 30.6 Å². The fourth-order valence-corrected chi connectivity index (χ4v) is 4.15. The van der Waals surface area contributed by atoms with Crippen LogP contribution in [0.3, 0.4) is 0 Å². The van der Waals surface area contributed by atoms with Crippen LogP contribution >= 0.6 is 0 Å². The van der Waals surface area contributed by atoms with Crippen molar-refractivity contribution < 1.29 is 13.9 Å². The maximum atomic E-state index is 14.4. The molecule has 0 aromatic heterocycles. The van der Waals surface area contributed by atoms with Gasteiger partial charge in [0.05, 0.1) is 17.3 Å². The summed E-state index contributed by atoms with van der Waals surface area (Å²) in [6.45, 7) is 5.59. The molecule has 0 unspecified atom stereocenters. The first kappa shape index (κ1) is 18.5. The summed E-state index contributed by atoms with van der Waals surface area (Å²) < 4.78 is 20.2. The van der Waals surface area contributed by atoms with Gasteiger partial charge in [0.15, 0.2) is 0 Å². The van der Waals surface area contributed by atoms with Crippen molar-refractivity contribution in [2.45, 2.75) is 38.3 Å². The van der Waals surface area contributed by atoms with E-state index < -0.39 is 5.54 Å². The summed E-state index contributed by atoms with van der Waals surface area (Å²) in [7, 11) is 0. The van der Waals surface area contributed by atoms with E-state index in [0.29, 0.717) is 5.69 Å². The van der Waals surface area contributed by atoms with Gasteiger partial charge in [-0.05, 0) is 51.0 Å². The van der Waals surface area contributed by atoms with E-state index in [2.05, 4.69) is 17.0 Å². The summed E-state index contributed by atoms with van der Waals surface area (Å²) in [6, 6.07) is 14.6. The highest BCUT2D eigenvalue weighted by Gasteiger charge is 2.45. The molecule has 1 spiro atoms. The summed E-state index contributed by atoms with van der Waals surface area (Å²) in [5.74, 6) is 0.350. The topological polar surface area (TPSA) is 32.8 Å². The maximum absolute atomic E-state index is 14.4. The number of hydrogen-bond acceptors (Lipinski definition) is 3. The average molecular weight is 380 g/mol. The molecule has 2 aliphatic heterocycles. The summed E-state index contributed by atoms with van der Waals surface area (Å²) in [6.07, 6.45) is 5.16. The molecule has 0 aliphatic carbocycles. The largest absolute Gasteiger partial charge is 0.491 e. The van der Waals surface area contributed by atoms with Crippen LogP contribution in [0.5, 0.6) is 5.75 Å². The lowest BCUT2D eigenvalue weighted by Gasteiger charge is -2.45. The van der Waals surface area contributed by atoms with Gasteiger partial charge in [0, 0.05) is 30.9 Å². The number of halogens is 1. The number of carbonyl (C=O) groups is 1. The predicted octanol–water partition coefficient (Wildman–Crippen LogP) is 4.55. The van der Waals surface area contributed by atoms with E-state index in [-0.39, 0.29) is 17.8 Å². The zero-order chi connectivity index (χ0) is 19.7. The SMILES string of the molecule is CC(C)Oc1cccc(N2CCC3(C=CC(=O)N3c3ccccc3F)CC2)c1. The predicted molar refractivity (Wildman–Crippen MR) is 109 cm³/mol. The Morgan fingerprint density at radius 1 is 1.07 bits per heavy atom. The molecule has 0 atom stereocenters. The molecular formula is C23H25FN2O2. The number of anilines is 2. The number of piperidine rings is 1. The second-order valence-corrected chi connectivity index (χ2v) is 7.71. The lowest BCUT2D eigenvalue weighted by atomic mass is 9.86. The fraction of sp³-hybridized carbons (Fsp3) is 0.348. The third-order valence-electron chi connectivity index (χ3n) is 5.48. The molecule has 0 radical (unpaired) electrons. The van der Waals surface area contributed by atoms with Gasteiger partial charge >= 0.3 is 0 Å². The maximum Gasteiger partial charge on any atom is 0.251 e. The third-order valence-corrected chi connectivity index (χ3v) is 5.48. The number of ether oxygens (including phenoxy) is 1. The van der Waals surface area contributed by atoms with Crippen LogP contribution in [-0.2, 0) is 4.79 Å². The van der Waals surface area contributed by atoms with Gasteiger partial charge in [-0.2, -0.15) is 0 Å². The molecule has 4 nitrogen and oxygen atoms in total. The Balaban J connectivity index is 1.54. The molecule has 4 rings (SSSR count). The molecule has 0 saturated carbocycles. The van der Waals surface area contributed by atoms with E-state index in [4.69, 9.17) is 4.74 Å². The molecule has 0 bridgehead atoms. The van der Waals surface area contributed by atoms with E-state index in [1.807, 2.05) is 32.1 Å². The molecule has 28 heavy (non-hydrogen) atoms. The van der Waals surface area contributed by atoms with Crippen molar-refractivity contribution in [1.82, 2.24) is 0 Å². The van der Waals surface area contributed by atoms with E-state index in [1.165, 1.54) is 6.07 Å². The number of para-hydroxylation sites is 1. The summed E-state index contributed by atoms with van der Waals surface area (Å²) in [4.78, 5) is 16.5. The number of nitrogens with zero attached hydrogens (tertiary/aromatic N) is 2. The lowest BCUT2D eigenvalue weighted by molar-refractivity contribution is -0.114. The van der Waals surface area contributed by atoms with Gasteiger partial charge in [-0.25, -0.2) is 4.39 Å². The van der Waals surface area contributed by atoms with E-state index in [9.17, 15) is 9.18 Å². The number of rotatable bonds is 4. The van der Waals surface area contributed by atoms with Crippen LogP contribution in [0.1, 0.15) is 26.7 Å².